The van der Waals surface area contributed by atoms with E-state index in [2.05, 4.69) is 10.3 Å². The average molecular weight is 359 g/mol. The summed E-state index contributed by atoms with van der Waals surface area (Å²) in [5.41, 5.74) is 2.72. The maximum absolute atomic E-state index is 12.6. The number of nitrogens with zero attached hydrogens (tertiary/aromatic N) is 2. The van der Waals surface area contributed by atoms with Gasteiger partial charge in [-0.05, 0) is 31.2 Å². The van der Waals surface area contributed by atoms with Crippen LogP contribution in [-0.2, 0) is 13.6 Å². The molecule has 1 heterocycles. The number of benzene rings is 2. The summed E-state index contributed by atoms with van der Waals surface area (Å²) in [5.74, 6) is 0.337. The Bertz CT molecular complexity index is 920. The molecule has 0 aliphatic rings. The van der Waals surface area contributed by atoms with Gasteiger partial charge < -0.3 is 14.6 Å². The van der Waals surface area contributed by atoms with E-state index in [9.17, 15) is 13.6 Å². The standard InChI is InChI=1S/C19H19F2N3O2/c1-3-26-16-9-8-15-17(24(2)11-23-15)14(16)10-22-19(25)13-6-4-12(5-7-13)18(20)21/h4-9,11,18H,3,10H2,1-2H3,(H,22,25). The van der Waals surface area contributed by atoms with Gasteiger partial charge in [0, 0.05) is 30.3 Å². The summed E-state index contributed by atoms with van der Waals surface area (Å²) in [6.45, 7) is 2.63. The number of alkyl halides is 2. The number of aromatic nitrogens is 2. The van der Waals surface area contributed by atoms with E-state index < -0.39 is 6.43 Å². The fraction of sp³-hybridized carbons (Fsp3) is 0.263. The summed E-state index contributed by atoms with van der Waals surface area (Å²) in [6, 6.07) is 9.00. The highest BCUT2D eigenvalue weighted by atomic mass is 19.3. The largest absolute Gasteiger partial charge is 0.493 e. The molecule has 1 amide bonds. The number of ether oxygens (including phenoxy) is 1. The second-order valence-electron chi connectivity index (χ2n) is 5.80. The highest BCUT2D eigenvalue weighted by molar-refractivity contribution is 5.94. The van der Waals surface area contributed by atoms with Crippen LogP contribution in [-0.4, -0.2) is 22.1 Å². The minimum Gasteiger partial charge on any atom is -0.493 e. The molecule has 1 aromatic heterocycles. The number of imidazole rings is 1. The summed E-state index contributed by atoms with van der Waals surface area (Å²) in [6.07, 6.45) is -0.849. The van der Waals surface area contributed by atoms with Crippen molar-refractivity contribution >= 4 is 16.9 Å². The van der Waals surface area contributed by atoms with Gasteiger partial charge in [0.05, 0.1) is 24.0 Å². The topological polar surface area (TPSA) is 56.1 Å². The lowest BCUT2D eigenvalue weighted by atomic mass is 10.1. The van der Waals surface area contributed by atoms with Gasteiger partial charge in [0.15, 0.2) is 0 Å². The molecule has 0 aliphatic carbocycles. The van der Waals surface area contributed by atoms with Crippen LogP contribution in [0.25, 0.3) is 11.0 Å². The molecule has 0 atom stereocenters. The number of fused-ring (bicyclic) bond motifs is 1. The second-order valence-corrected chi connectivity index (χ2v) is 5.80. The van der Waals surface area contributed by atoms with Crippen molar-refractivity contribution in [3.8, 4) is 5.75 Å². The monoisotopic (exact) mass is 359 g/mol. The van der Waals surface area contributed by atoms with Crippen LogP contribution in [0, 0.1) is 0 Å². The maximum atomic E-state index is 12.6. The van der Waals surface area contributed by atoms with Crippen molar-refractivity contribution in [3.63, 3.8) is 0 Å². The molecule has 26 heavy (non-hydrogen) atoms. The fourth-order valence-electron chi connectivity index (χ4n) is 2.82. The molecule has 0 bridgehead atoms. The molecule has 0 radical (unpaired) electrons. The lowest BCUT2D eigenvalue weighted by Crippen LogP contribution is -2.23. The van der Waals surface area contributed by atoms with Crippen LogP contribution in [0.3, 0.4) is 0 Å². The second kappa shape index (κ2) is 7.51. The molecule has 5 nitrogen and oxygen atoms in total. The molecular weight excluding hydrogens is 340 g/mol. The number of aryl methyl sites for hydroxylation is 1. The van der Waals surface area contributed by atoms with Gasteiger partial charge in [-0.15, -0.1) is 0 Å². The molecule has 136 valence electrons. The molecule has 0 unspecified atom stereocenters. The first-order valence-electron chi connectivity index (χ1n) is 8.23. The molecule has 2 aromatic carbocycles. The SMILES string of the molecule is CCOc1ccc2ncn(C)c2c1CNC(=O)c1ccc(C(F)F)cc1. The van der Waals surface area contributed by atoms with Gasteiger partial charge in [0.2, 0.25) is 0 Å². The number of hydrogen-bond donors (Lipinski definition) is 1. The Morgan fingerprint density at radius 1 is 1.23 bits per heavy atom. The Labute approximate surface area is 149 Å². The van der Waals surface area contributed by atoms with Crippen molar-refractivity contribution in [2.75, 3.05) is 6.61 Å². The first kappa shape index (κ1) is 17.8. The number of hydrogen-bond acceptors (Lipinski definition) is 3. The van der Waals surface area contributed by atoms with Crippen molar-refractivity contribution in [2.24, 2.45) is 7.05 Å². The van der Waals surface area contributed by atoms with Crippen LogP contribution < -0.4 is 10.1 Å². The quantitative estimate of drug-likeness (QED) is 0.728. The fourth-order valence-corrected chi connectivity index (χ4v) is 2.82. The third kappa shape index (κ3) is 3.51. The van der Waals surface area contributed by atoms with Gasteiger partial charge in [-0.1, -0.05) is 12.1 Å². The first-order chi connectivity index (χ1) is 12.5. The molecule has 0 saturated carbocycles. The van der Waals surface area contributed by atoms with Crippen molar-refractivity contribution < 1.29 is 18.3 Å². The minimum atomic E-state index is -2.55. The van der Waals surface area contributed by atoms with Gasteiger partial charge in [0.1, 0.15) is 5.75 Å². The zero-order valence-electron chi connectivity index (χ0n) is 14.5. The van der Waals surface area contributed by atoms with E-state index in [0.29, 0.717) is 17.9 Å². The molecule has 3 rings (SSSR count). The molecule has 1 N–H and O–H groups in total. The van der Waals surface area contributed by atoms with Crippen LogP contribution >= 0.6 is 0 Å². The van der Waals surface area contributed by atoms with Gasteiger partial charge >= 0.3 is 0 Å². The average Bonchev–Trinajstić information content (AvgIpc) is 3.02. The lowest BCUT2D eigenvalue weighted by Gasteiger charge is -2.13. The van der Waals surface area contributed by atoms with Crippen LogP contribution in [0.15, 0.2) is 42.7 Å². The van der Waals surface area contributed by atoms with E-state index in [4.69, 9.17) is 4.74 Å². The minimum absolute atomic E-state index is 0.111. The zero-order chi connectivity index (χ0) is 18.7. The van der Waals surface area contributed by atoms with Crippen molar-refractivity contribution in [1.82, 2.24) is 14.9 Å². The van der Waals surface area contributed by atoms with E-state index >= 15 is 0 Å². The predicted octanol–water partition coefficient (Wildman–Crippen LogP) is 3.84. The summed E-state index contributed by atoms with van der Waals surface area (Å²) in [5, 5.41) is 2.82. The Morgan fingerprint density at radius 2 is 1.96 bits per heavy atom. The molecule has 0 fully saturated rings. The van der Waals surface area contributed by atoms with Crippen LogP contribution in [0.2, 0.25) is 0 Å². The van der Waals surface area contributed by atoms with Gasteiger partial charge in [-0.25, -0.2) is 13.8 Å². The van der Waals surface area contributed by atoms with E-state index in [-0.39, 0.29) is 18.0 Å². The van der Waals surface area contributed by atoms with E-state index in [1.54, 1.807) is 6.33 Å². The third-order valence-electron chi connectivity index (χ3n) is 4.09. The van der Waals surface area contributed by atoms with Crippen LogP contribution in [0.5, 0.6) is 5.75 Å². The number of carbonyl (C=O) groups excluding carboxylic acids is 1. The van der Waals surface area contributed by atoms with Crippen molar-refractivity contribution in [3.05, 3.63) is 59.4 Å². The highest BCUT2D eigenvalue weighted by Crippen LogP contribution is 2.27. The number of nitrogens with one attached hydrogen (secondary N) is 1. The molecule has 0 spiro atoms. The van der Waals surface area contributed by atoms with E-state index in [0.717, 1.165) is 16.6 Å². The van der Waals surface area contributed by atoms with Crippen molar-refractivity contribution in [1.29, 1.82) is 0 Å². The Kier molecular flexibility index (Phi) is 5.16. The van der Waals surface area contributed by atoms with Gasteiger partial charge in [-0.3, -0.25) is 4.79 Å². The Morgan fingerprint density at radius 3 is 2.62 bits per heavy atom. The number of halogens is 2. The van der Waals surface area contributed by atoms with E-state index in [1.165, 1.54) is 24.3 Å². The number of rotatable bonds is 6. The molecule has 7 heteroatoms. The summed E-state index contributed by atoms with van der Waals surface area (Å²) in [4.78, 5) is 16.7. The maximum Gasteiger partial charge on any atom is 0.263 e. The highest BCUT2D eigenvalue weighted by Gasteiger charge is 2.15. The molecule has 0 aliphatic heterocycles. The van der Waals surface area contributed by atoms with Gasteiger partial charge in [-0.2, -0.15) is 0 Å². The predicted molar refractivity (Wildman–Crippen MR) is 94.5 cm³/mol. The lowest BCUT2D eigenvalue weighted by molar-refractivity contribution is 0.0950. The van der Waals surface area contributed by atoms with Gasteiger partial charge in [0.25, 0.3) is 12.3 Å². The zero-order valence-corrected chi connectivity index (χ0v) is 14.5. The van der Waals surface area contributed by atoms with Crippen molar-refractivity contribution in [2.45, 2.75) is 19.9 Å². The summed E-state index contributed by atoms with van der Waals surface area (Å²) in [7, 11) is 1.87. The summed E-state index contributed by atoms with van der Waals surface area (Å²) >= 11 is 0. The Balaban J connectivity index is 1.83. The first-order valence-corrected chi connectivity index (χ1v) is 8.23. The van der Waals surface area contributed by atoms with Crippen LogP contribution in [0.4, 0.5) is 8.78 Å². The summed E-state index contributed by atoms with van der Waals surface area (Å²) < 4.78 is 32.8. The van der Waals surface area contributed by atoms with Crippen LogP contribution in [0.1, 0.15) is 34.8 Å². The molecule has 3 aromatic rings. The molecule has 0 saturated heterocycles. The Hall–Kier alpha value is -2.96. The number of amides is 1. The van der Waals surface area contributed by atoms with E-state index in [1.807, 2.05) is 30.7 Å². The molecular formula is C19H19F2N3O2. The smallest absolute Gasteiger partial charge is 0.263 e. The normalized spacial score (nSPS) is 11.1. The number of carbonyl (C=O) groups is 1. The third-order valence-corrected chi connectivity index (χ3v) is 4.09.